The maximum atomic E-state index is 12.5. The van der Waals surface area contributed by atoms with Crippen molar-refractivity contribution in [2.45, 2.75) is 65.0 Å². The van der Waals surface area contributed by atoms with Gasteiger partial charge in [-0.1, -0.05) is 27.2 Å². The molecule has 1 aromatic rings. The number of hydrogen-bond acceptors (Lipinski definition) is 3. The van der Waals surface area contributed by atoms with Crippen LogP contribution in [0.15, 0.2) is 0 Å². The van der Waals surface area contributed by atoms with Gasteiger partial charge in [0.15, 0.2) is 0 Å². The summed E-state index contributed by atoms with van der Waals surface area (Å²) in [5.74, 6) is 0.0146. The predicted octanol–water partition coefficient (Wildman–Crippen LogP) is 2.82. The van der Waals surface area contributed by atoms with Gasteiger partial charge in [-0.25, -0.2) is 0 Å². The van der Waals surface area contributed by atoms with E-state index in [1.165, 1.54) is 0 Å². The molecule has 1 aliphatic heterocycles. The molecule has 0 unspecified atom stereocenters. The highest BCUT2D eigenvalue weighted by Gasteiger charge is 2.44. The molecule has 21 heavy (non-hydrogen) atoms. The molecule has 1 amide bonds. The fourth-order valence-electron chi connectivity index (χ4n) is 3.53. The summed E-state index contributed by atoms with van der Waals surface area (Å²) in [6, 6.07) is 0. The number of amides is 1. The van der Waals surface area contributed by atoms with Crippen molar-refractivity contribution in [3.05, 3.63) is 11.4 Å². The van der Waals surface area contributed by atoms with Crippen LogP contribution in [0.5, 0.6) is 0 Å². The van der Waals surface area contributed by atoms with E-state index in [0.717, 1.165) is 49.9 Å². The average molecular weight is 290 g/mol. The Hall–Kier alpha value is -1.52. The summed E-state index contributed by atoms with van der Waals surface area (Å²) in [6.45, 7) is 6.76. The predicted molar refractivity (Wildman–Crippen MR) is 83.3 cm³/mol. The number of nitrogens with one attached hydrogen (secondary N) is 2. The standard InChI is InChI=1S/C16H26N4O/c1-5-6-11-12-13(20(4)19-11)14(21)18-16(17-12)9-7-15(2,3)8-10-16/h17H,5-10H2,1-4H3,(H,18,21). The average Bonchev–Trinajstić information content (AvgIpc) is 2.71. The third-order valence-electron chi connectivity index (χ3n) is 5.00. The number of rotatable bonds is 2. The number of aryl methyl sites for hydroxylation is 2. The maximum absolute atomic E-state index is 12.5. The second-order valence-corrected chi connectivity index (χ2v) is 7.37. The second-order valence-electron chi connectivity index (χ2n) is 7.37. The smallest absolute Gasteiger partial charge is 0.273 e. The van der Waals surface area contributed by atoms with Crippen molar-refractivity contribution < 1.29 is 4.79 Å². The zero-order valence-corrected chi connectivity index (χ0v) is 13.5. The van der Waals surface area contributed by atoms with Crippen LogP contribution in [-0.4, -0.2) is 21.4 Å². The van der Waals surface area contributed by atoms with Gasteiger partial charge in [0.1, 0.15) is 11.4 Å². The summed E-state index contributed by atoms with van der Waals surface area (Å²) in [5.41, 5.74) is 2.76. The van der Waals surface area contributed by atoms with Gasteiger partial charge in [0.05, 0.1) is 11.4 Å². The van der Waals surface area contributed by atoms with Gasteiger partial charge in [0, 0.05) is 7.05 Å². The number of fused-ring (bicyclic) bond motifs is 1. The first-order chi connectivity index (χ1) is 9.86. The zero-order chi connectivity index (χ0) is 15.3. The van der Waals surface area contributed by atoms with Gasteiger partial charge in [-0.2, -0.15) is 5.10 Å². The monoisotopic (exact) mass is 290 g/mol. The minimum absolute atomic E-state index is 0.0146. The molecule has 0 bridgehead atoms. The van der Waals surface area contributed by atoms with Crippen molar-refractivity contribution in [2.24, 2.45) is 12.5 Å². The largest absolute Gasteiger partial charge is 0.359 e. The highest BCUT2D eigenvalue weighted by Crippen LogP contribution is 2.43. The topological polar surface area (TPSA) is 59.0 Å². The lowest BCUT2D eigenvalue weighted by Crippen LogP contribution is -2.60. The lowest BCUT2D eigenvalue weighted by molar-refractivity contribution is 0.0813. The van der Waals surface area contributed by atoms with Gasteiger partial charge in [0.2, 0.25) is 0 Å². The van der Waals surface area contributed by atoms with Gasteiger partial charge >= 0.3 is 0 Å². The molecule has 0 atom stereocenters. The van der Waals surface area contributed by atoms with Crippen LogP contribution in [0, 0.1) is 5.41 Å². The Labute approximate surface area is 126 Å². The molecule has 2 heterocycles. The van der Waals surface area contributed by atoms with E-state index in [0.29, 0.717) is 11.1 Å². The number of carbonyl (C=O) groups excluding carboxylic acids is 1. The second kappa shape index (κ2) is 4.75. The summed E-state index contributed by atoms with van der Waals surface area (Å²) in [5, 5.41) is 11.4. The van der Waals surface area contributed by atoms with Crippen molar-refractivity contribution in [2.75, 3.05) is 5.32 Å². The molecule has 1 aromatic heterocycles. The molecule has 2 aliphatic rings. The molecule has 0 aromatic carbocycles. The van der Waals surface area contributed by atoms with Gasteiger partial charge in [-0.3, -0.25) is 9.48 Å². The van der Waals surface area contributed by atoms with Crippen LogP contribution < -0.4 is 10.6 Å². The Morgan fingerprint density at radius 1 is 1.19 bits per heavy atom. The molecule has 116 valence electrons. The molecule has 0 saturated heterocycles. The molecule has 1 fully saturated rings. The molecule has 2 N–H and O–H groups in total. The Bertz CT molecular complexity index is 563. The van der Waals surface area contributed by atoms with Gasteiger partial charge < -0.3 is 10.6 Å². The molecular formula is C16H26N4O. The first-order valence-electron chi connectivity index (χ1n) is 8.02. The maximum Gasteiger partial charge on any atom is 0.273 e. The highest BCUT2D eigenvalue weighted by atomic mass is 16.2. The quantitative estimate of drug-likeness (QED) is 0.880. The lowest BCUT2D eigenvalue weighted by Gasteiger charge is -2.46. The molecule has 3 rings (SSSR count). The highest BCUT2D eigenvalue weighted by molar-refractivity contribution is 6.01. The van der Waals surface area contributed by atoms with Crippen molar-refractivity contribution >= 4 is 11.6 Å². The Kier molecular flexibility index (Phi) is 3.26. The number of aromatic nitrogens is 2. The van der Waals surface area contributed by atoms with Crippen LogP contribution >= 0.6 is 0 Å². The minimum Gasteiger partial charge on any atom is -0.359 e. The third-order valence-corrected chi connectivity index (χ3v) is 5.00. The summed E-state index contributed by atoms with van der Waals surface area (Å²) < 4.78 is 1.71. The van der Waals surface area contributed by atoms with Crippen LogP contribution in [0.1, 0.15) is 69.1 Å². The molecule has 1 aliphatic carbocycles. The van der Waals surface area contributed by atoms with E-state index in [2.05, 4.69) is 36.5 Å². The molecule has 0 radical (unpaired) electrons. The van der Waals surface area contributed by atoms with Crippen LogP contribution in [-0.2, 0) is 13.5 Å². The molecule has 5 heteroatoms. The fraction of sp³-hybridized carbons (Fsp3) is 0.750. The van der Waals surface area contributed by atoms with Crippen LogP contribution in [0.3, 0.4) is 0 Å². The summed E-state index contributed by atoms with van der Waals surface area (Å²) in [6.07, 6.45) is 6.15. The van der Waals surface area contributed by atoms with E-state index in [4.69, 9.17) is 0 Å². The van der Waals surface area contributed by atoms with Crippen LogP contribution in [0.25, 0.3) is 0 Å². The van der Waals surface area contributed by atoms with Crippen molar-refractivity contribution in [1.29, 1.82) is 0 Å². The van der Waals surface area contributed by atoms with E-state index >= 15 is 0 Å². The fourth-order valence-corrected chi connectivity index (χ4v) is 3.53. The van der Waals surface area contributed by atoms with Gasteiger partial charge in [-0.05, 0) is 37.5 Å². The summed E-state index contributed by atoms with van der Waals surface area (Å²) in [7, 11) is 1.85. The molecule has 1 spiro atoms. The normalized spacial score (nSPS) is 22.6. The van der Waals surface area contributed by atoms with Gasteiger partial charge in [-0.15, -0.1) is 0 Å². The van der Waals surface area contributed by atoms with Crippen LogP contribution in [0.2, 0.25) is 0 Å². The minimum atomic E-state index is -0.273. The Morgan fingerprint density at radius 2 is 1.86 bits per heavy atom. The third kappa shape index (κ3) is 2.43. The summed E-state index contributed by atoms with van der Waals surface area (Å²) >= 11 is 0. The van der Waals surface area contributed by atoms with Crippen molar-refractivity contribution in [3.8, 4) is 0 Å². The lowest BCUT2D eigenvalue weighted by atomic mass is 9.72. The van der Waals surface area contributed by atoms with Crippen molar-refractivity contribution in [3.63, 3.8) is 0 Å². The zero-order valence-electron chi connectivity index (χ0n) is 13.5. The summed E-state index contributed by atoms with van der Waals surface area (Å²) in [4.78, 5) is 12.5. The van der Waals surface area contributed by atoms with Crippen molar-refractivity contribution in [1.82, 2.24) is 15.1 Å². The van der Waals surface area contributed by atoms with Crippen LogP contribution in [0.4, 0.5) is 5.69 Å². The van der Waals surface area contributed by atoms with Gasteiger partial charge in [0.25, 0.3) is 5.91 Å². The van der Waals surface area contributed by atoms with E-state index in [1.54, 1.807) is 4.68 Å². The molecule has 5 nitrogen and oxygen atoms in total. The van der Waals surface area contributed by atoms with E-state index < -0.39 is 0 Å². The van der Waals surface area contributed by atoms with E-state index in [-0.39, 0.29) is 11.6 Å². The molecular weight excluding hydrogens is 264 g/mol. The molecule has 1 saturated carbocycles. The van der Waals surface area contributed by atoms with E-state index in [1.807, 2.05) is 7.05 Å². The SMILES string of the molecule is CCCc1nn(C)c2c1NC1(CCC(C)(C)CC1)NC2=O. The number of carbonyl (C=O) groups is 1. The first kappa shape index (κ1) is 14.4. The number of nitrogens with zero attached hydrogens (tertiary/aromatic N) is 2. The number of anilines is 1. The number of hydrogen-bond donors (Lipinski definition) is 2. The Balaban J connectivity index is 1.93. The Morgan fingerprint density at radius 3 is 2.48 bits per heavy atom. The van der Waals surface area contributed by atoms with E-state index in [9.17, 15) is 4.79 Å². The first-order valence-corrected chi connectivity index (χ1v) is 8.02.